The number of rotatable bonds is 3. The van der Waals surface area contributed by atoms with E-state index in [2.05, 4.69) is 4.98 Å². The Bertz CT molecular complexity index is 1020. The van der Waals surface area contributed by atoms with Gasteiger partial charge in [0.1, 0.15) is 10.6 Å². The van der Waals surface area contributed by atoms with Crippen LogP contribution in [-0.4, -0.2) is 27.2 Å². The number of thiazole rings is 1. The lowest BCUT2D eigenvalue weighted by Gasteiger charge is -2.16. The van der Waals surface area contributed by atoms with Gasteiger partial charge in [-0.1, -0.05) is 18.2 Å². The molecule has 0 spiro atoms. The van der Waals surface area contributed by atoms with Gasteiger partial charge >= 0.3 is 0 Å². The van der Waals surface area contributed by atoms with Crippen LogP contribution in [0.3, 0.4) is 0 Å². The molecule has 23 heavy (non-hydrogen) atoms. The van der Waals surface area contributed by atoms with Gasteiger partial charge in [-0.25, -0.2) is 9.37 Å². The second-order valence-electron chi connectivity index (χ2n) is 5.22. The van der Waals surface area contributed by atoms with Gasteiger partial charge in [0.25, 0.3) is 5.91 Å². The third-order valence-corrected chi connectivity index (χ3v) is 5.43. The first kappa shape index (κ1) is 14.3. The average Bonchev–Trinajstić information content (AvgIpc) is 3.20. The molecule has 0 unspecified atom stereocenters. The molecule has 1 aromatic carbocycles. The summed E-state index contributed by atoms with van der Waals surface area (Å²) in [6.45, 7) is 0.238. The number of hydrogen-bond acceptors (Lipinski definition) is 4. The number of carbonyl (C=O) groups excluding carboxylic acids is 1. The average molecular weight is 345 g/mol. The van der Waals surface area contributed by atoms with E-state index >= 15 is 0 Å². The number of halogens is 1. The second kappa shape index (κ2) is 5.43. The van der Waals surface area contributed by atoms with Crippen molar-refractivity contribution in [1.82, 2.24) is 14.3 Å². The van der Waals surface area contributed by atoms with Gasteiger partial charge in [0.05, 0.1) is 10.4 Å². The van der Waals surface area contributed by atoms with Gasteiger partial charge < -0.3 is 4.90 Å². The second-order valence-corrected chi connectivity index (χ2v) is 7.12. The van der Waals surface area contributed by atoms with Crippen LogP contribution in [0.1, 0.15) is 15.2 Å². The predicted octanol–water partition coefficient (Wildman–Crippen LogP) is 4.02. The molecule has 0 aliphatic carbocycles. The van der Waals surface area contributed by atoms with Crippen LogP contribution in [-0.2, 0) is 6.54 Å². The summed E-state index contributed by atoms with van der Waals surface area (Å²) in [5, 5.41) is 1.96. The molecule has 116 valence electrons. The number of nitrogens with zero attached hydrogens (tertiary/aromatic N) is 3. The molecule has 3 heterocycles. The third-order valence-electron chi connectivity index (χ3n) is 3.66. The Morgan fingerprint density at radius 1 is 1.39 bits per heavy atom. The molecule has 4 aromatic rings. The van der Waals surface area contributed by atoms with Gasteiger partial charge in [0.2, 0.25) is 0 Å². The summed E-state index contributed by atoms with van der Waals surface area (Å²) in [7, 11) is 1.68. The Labute approximate surface area is 139 Å². The highest BCUT2D eigenvalue weighted by Crippen LogP contribution is 2.29. The number of fused-ring (bicyclic) bond motifs is 3. The Kier molecular flexibility index (Phi) is 3.39. The van der Waals surface area contributed by atoms with Crippen LogP contribution in [0.4, 0.5) is 4.39 Å². The highest BCUT2D eigenvalue weighted by atomic mass is 32.1. The minimum atomic E-state index is -0.297. The van der Waals surface area contributed by atoms with E-state index in [4.69, 9.17) is 0 Å². The zero-order valence-corrected chi connectivity index (χ0v) is 13.8. The largest absolute Gasteiger partial charge is 0.337 e. The maximum atomic E-state index is 13.7. The monoisotopic (exact) mass is 345 g/mol. The Hall–Kier alpha value is -2.25. The molecule has 0 N–H and O–H groups in total. The number of benzene rings is 1. The number of imidazole rings is 1. The van der Waals surface area contributed by atoms with Crippen molar-refractivity contribution >= 4 is 43.9 Å². The molecule has 3 aromatic heterocycles. The van der Waals surface area contributed by atoms with Gasteiger partial charge in [-0.15, -0.1) is 22.7 Å². The first-order valence-corrected chi connectivity index (χ1v) is 8.67. The SMILES string of the molecule is CN(Cc1ccccc1F)C(=O)c1cc2c(nc3sccn32)s1. The van der Waals surface area contributed by atoms with Crippen molar-refractivity contribution in [2.45, 2.75) is 6.54 Å². The van der Waals surface area contributed by atoms with E-state index in [0.717, 1.165) is 15.3 Å². The van der Waals surface area contributed by atoms with E-state index in [0.29, 0.717) is 10.4 Å². The van der Waals surface area contributed by atoms with Crippen molar-refractivity contribution in [1.29, 1.82) is 0 Å². The molecule has 4 nitrogen and oxygen atoms in total. The first-order chi connectivity index (χ1) is 11.1. The summed E-state index contributed by atoms with van der Waals surface area (Å²) in [4.78, 5) is 21.0. The van der Waals surface area contributed by atoms with Crippen molar-refractivity contribution in [2.75, 3.05) is 7.05 Å². The lowest BCUT2D eigenvalue weighted by atomic mass is 10.2. The number of amides is 1. The van der Waals surface area contributed by atoms with Gasteiger partial charge in [-0.2, -0.15) is 0 Å². The Morgan fingerprint density at radius 2 is 2.22 bits per heavy atom. The van der Waals surface area contributed by atoms with Gasteiger partial charge in [0.15, 0.2) is 4.96 Å². The molecule has 0 saturated heterocycles. The minimum Gasteiger partial charge on any atom is -0.337 e. The summed E-state index contributed by atoms with van der Waals surface area (Å²) >= 11 is 2.93. The van der Waals surface area contributed by atoms with Crippen molar-refractivity contribution in [3.8, 4) is 0 Å². The van der Waals surface area contributed by atoms with E-state index in [9.17, 15) is 9.18 Å². The number of carbonyl (C=O) groups is 1. The number of aromatic nitrogens is 2. The molecule has 0 aliphatic rings. The lowest BCUT2D eigenvalue weighted by molar-refractivity contribution is 0.0788. The van der Waals surface area contributed by atoms with E-state index in [1.807, 2.05) is 22.0 Å². The lowest BCUT2D eigenvalue weighted by Crippen LogP contribution is -2.25. The highest BCUT2D eigenvalue weighted by molar-refractivity contribution is 7.21. The number of hydrogen-bond donors (Lipinski definition) is 0. The van der Waals surface area contributed by atoms with Crippen LogP contribution in [0.15, 0.2) is 41.9 Å². The first-order valence-electron chi connectivity index (χ1n) is 6.97. The highest BCUT2D eigenvalue weighted by Gasteiger charge is 2.19. The fourth-order valence-electron chi connectivity index (χ4n) is 2.50. The number of thiophene rings is 1. The zero-order chi connectivity index (χ0) is 16.0. The minimum absolute atomic E-state index is 0.125. The van der Waals surface area contributed by atoms with E-state index in [1.54, 1.807) is 36.6 Å². The zero-order valence-electron chi connectivity index (χ0n) is 12.2. The summed E-state index contributed by atoms with van der Waals surface area (Å²) < 4.78 is 15.7. The van der Waals surface area contributed by atoms with Crippen LogP contribution in [0.25, 0.3) is 15.3 Å². The molecule has 7 heteroatoms. The van der Waals surface area contributed by atoms with Gasteiger partial charge in [-0.05, 0) is 12.1 Å². The van der Waals surface area contributed by atoms with Crippen molar-refractivity contribution in [3.05, 3.63) is 58.2 Å². The van der Waals surface area contributed by atoms with Gasteiger partial charge in [-0.3, -0.25) is 9.20 Å². The predicted molar refractivity (Wildman–Crippen MR) is 90.6 cm³/mol. The molecule has 0 radical (unpaired) electrons. The molecule has 0 aliphatic heterocycles. The van der Waals surface area contributed by atoms with Crippen LogP contribution in [0.2, 0.25) is 0 Å². The topological polar surface area (TPSA) is 37.6 Å². The van der Waals surface area contributed by atoms with Crippen molar-refractivity contribution in [3.63, 3.8) is 0 Å². The smallest absolute Gasteiger partial charge is 0.264 e. The van der Waals surface area contributed by atoms with Gasteiger partial charge in [0, 0.05) is 30.7 Å². The summed E-state index contributed by atoms with van der Waals surface area (Å²) in [5.41, 5.74) is 1.44. The maximum absolute atomic E-state index is 13.7. The summed E-state index contributed by atoms with van der Waals surface area (Å²) in [6.07, 6.45) is 1.94. The molecule has 4 rings (SSSR count). The maximum Gasteiger partial charge on any atom is 0.264 e. The fraction of sp³-hybridized carbons (Fsp3) is 0.125. The van der Waals surface area contributed by atoms with Crippen LogP contribution in [0, 0.1) is 5.82 Å². The molecular formula is C16H12FN3OS2. The Balaban J connectivity index is 1.62. The molecule has 0 bridgehead atoms. The Morgan fingerprint density at radius 3 is 3.04 bits per heavy atom. The normalized spacial score (nSPS) is 11.4. The van der Waals surface area contributed by atoms with E-state index in [1.165, 1.54) is 22.3 Å². The van der Waals surface area contributed by atoms with Crippen LogP contribution in [0.5, 0.6) is 0 Å². The quantitative estimate of drug-likeness (QED) is 0.562. The fourth-order valence-corrected chi connectivity index (χ4v) is 4.29. The van der Waals surface area contributed by atoms with Crippen molar-refractivity contribution in [2.24, 2.45) is 0 Å². The molecule has 0 fully saturated rings. The van der Waals surface area contributed by atoms with Crippen LogP contribution < -0.4 is 0 Å². The van der Waals surface area contributed by atoms with E-state index in [-0.39, 0.29) is 18.3 Å². The van der Waals surface area contributed by atoms with Crippen molar-refractivity contribution < 1.29 is 9.18 Å². The van der Waals surface area contributed by atoms with E-state index < -0.39 is 0 Å². The molecule has 0 saturated carbocycles. The standard InChI is InChI=1S/C16H12FN3OS2/c1-19(9-10-4-2-3-5-11(10)17)15(21)13-8-12-14(23-13)18-16-20(12)6-7-22-16/h2-8H,9H2,1H3. The van der Waals surface area contributed by atoms with Crippen LogP contribution >= 0.6 is 22.7 Å². The molecule has 1 amide bonds. The molecular weight excluding hydrogens is 333 g/mol. The summed E-state index contributed by atoms with van der Waals surface area (Å²) in [5.74, 6) is -0.422. The third kappa shape index (κ3) is 2.42. The summed E-state index contributed by atoms with van der Waals surface area (Å²) in [6, 6.07) is 8.36. The molecule has 0 atom stereocenters.